The molecule has 2 aromatic carbocycles. The van der Waals surface area contributed by atoms with Crippen molar-refractivity contribution in [1.29, 1.82) is 0 Å². The molecule has 3 aliphatic rings. The van der Waals surface area contributed by atoms with Crippen LogP contribution in [0.5, 0.6) is 0 Å². The highest BCUT2D eigenvalue weighted by Gasteiger charge is 2.26. The van der Waals surface area contributed by atoms with E-state index in [0.717, 1.165) is 53.3 Å². The van der Waals surface area contributed by atoms with Gasteiger partial charge in [0.2, 0.25) is 0 Å². The average molecular weight is 452 g/mol. The Bertz CT molecular complexity index is 1370. The van der Waals surface area contributed by atoms with E-state index in [1.54, 1.807) is 10.9 Å². The minimum atomic E-state index is -0.0406. The maximum Gasteiger partial charge on any atom is 0.194 e. The lowest BCUT2D eigenvalue weighted by atomic mass is 9.88. The first-order valence-corrected chi connectivity index (χ1v) is 12.0. The summed E-state index contributed by atoms with van der Waals surface area (Å²) < 4.78 is 1.65. The summed E-state index contributed by atoms with van der Waals surface area (Å²) in [7, 11) is 2.19. The van der Waals surface area contributed by atoms with Gasteiger partial charge in [-0.2, -0.15) is 5.10 Å². The first-order valence-electron chi connectivity index (χ1n) is 12.0. The molecule has 6 nitrogen and oxygen atoms in total. The quantitative estimate of drug-likeness (QED) is 0.582. The zero-order chi connectivity index (χ0) is 23.4. The molecule has 34 heavy (non-hydrogen) atoms. The normalized spacial score (nSPS) is 17.9. The van der Waals surface area contributed by atoms with Gasteiger partial charge < -0.3 is 10.6 Å². The van der Waals surface area contributed by atoms with Crippen LogP contribution in [-0.4, -0.2) is 46.3 Å². The number of nitrogens with two attached hydrogens (primary N) is 1. The Kier molecular flexibility index (Phi) is 4.99. The largest absolute Gasteiger partial charge is 0.383 e. The highest BCUT2D eigenvalue weighted by molar-refractivity contribution is 6.15. The predicted octanol–water partition coefficient (Wildman–Crippen LogP) is 4.73. The number of allylic oxidation sites excluding steroid dienone is 1. The minimum Gasteiger partial charge on any atom is -0.383 e. The number of carbonyl (C=O) groups excluding carboxylic acids is 1. The summed E-state index contributed by atoms with van der Waals surface area (Å²) in [6.45, 7) is 4.32. The molecule has 3 heterocycles. The lowest BCUT2D eigenvalue weighted by molar-refractivity contribution is 0.103. The number of nitrogens with zero attached hydrogens (tertiary/aromatic N) is 4. The van der Waals surface area contributed by atoms with Gasteiger partial charge in [0.05, 0.1) is 23.1 Å². The number of ketones is 1. The van der Waals surface area contributed by atoms with Crippen molar-refractivity contribution in [3.8, 4) is 5.69 Å². The number of anilines is 1. The van der Waals surface area contributed by atoms with E-state index in [1.807, 2.05) is 25.1 Å². The van der Waals surface area contributed by atoms with Crippen molar-refractivity contribution in [2.75, 3.05) is 25.9 Å². The zero-order valence-corrected chi connectivity index (χ0v) is 19.7. The van der Waals surface area contributed by atoms with Gasteiger partial charge in [0.15, 0.2) is 5.78 Å². The summed E-state index contributed by atoms with van der Waals surface area (Å²) in [5, 5.41) is 4.46. The number of piperidine rings is 1. The lowest BCUT2D eigenvalue weighted by Gasteiger charge is -2.29. The SMILES string of the molecule is CC1=Nc2ccc(-n3ncc(C(=O)C4=Cc5ccc(C6CCN(C)CC6)cc5C4)c3N)cc2C1. The molecule has 2 aliphatic heterocycles. The van der Waals surface area contributed by atoms with E-state index in [4.69, 9.17) is 5.73 Å². The van der Waals surface area contributed by atoms with Crippen LogP contribution in [0.3, 0.4) is 0 Å². The number of nitrogen functional groups attached to an aromatic ring is 1. The van der Waals surface area contributed by atoms with Crippen molar-refractivity contribution in [3.63, 3.8) is 0 Å². The van der Waals surface area contributed by atoms with Gasteiger partial charge in [0, 0.05) is 24.1 Å². The molecular weight excluding hydrogens is 422 g/mol. The van der Waals surface area contributed by atoms with Crippen LogP contribution in [0, 0.1) is 0 Å². The van der Waals surface area contributed by atoms with Crippen molar-refractivity contribution in [3.05, 3.63) is 76.0 Å². The predicted molar refractivity (Wildman–Crippen MR) is 136 cm³/mol. The number of Topliss-reactive ketones (excluding diaryl/α,β-unsaturated/α-hetero) is 1. The van der Waals surface area contributed by atoms with Crippen LogP contribution in [0.25, 0.3) is 11.8 Å². The van der Waals surface area contributed by atoms with Crippen molar-refractivity contribution in [1.82, 2.24) is 14.7 Å². The fourth-order valence-corrected chi connectivity index (χ4v) is 5.49. The van der Waals surface area contributed by atoms with E-state index < -0.39 is 0 Å². The van der Waals surface area contributed by atoms with Gasteiger partial charge in [-0.1, -0.05) is 18.2 Å². The molecule has 0 atom stereocenters. The third-order valence-corrected chi connectivity index (χ3v) is 7.48. The van der Waals surface area contributed by atoms with Crippen LogP contribution in [0.4, 0.5) is 11.5 Å². The summed E-state index contributed by atoms with van der Waals surface area (Å²) in [6, 6.07) is 12.7. The molecule has 1 aliphatic carbocycles. The monoisotopic (exact) mass is 451 g/mol. The van der Waals surface area contributed by atoms with E-state index >= 15 is 0 Å². The molecule has 6 heteroatoms. The molecule has 2 N–H and O–H groups in total. The molecule has 0 unspecified atom stereocenters. The molecule has 3 aromatic rings. The summed E-state index contributed by atoms with van der Waals surface area (Å²) >= 11 is 0. The molecule has 0 spiro atoms. The Balaban J connectivity index is 1.22. The van der Waals surface area contributed by atoms with E-state index in [2.05, 4.69) is 46.3 Å². The number of carbonyl (C=O) groups is 1. The smallest absolute Gasteiger partial charge is 0.194 e. The number of fused-ring (bicyclic) bond motifs is 2. The maximum atomic E-state index is 13.4. The van der Waals surface area contributed by atoms with Crippen LogP contribution >= 0.6 is 0 Å². The van der Waals surface area contributed by atoms with E-state index in [0.29, 0.717) is 23.7 Å². The first-order chi connectivity index (χ1) is 16.5. The Morgan fingerprint density at radius 1 is 1.06 bits per heavy atom. The molecule has 172 valence electrons. The van der Waals surface area contributed by atoms with Crippen molar-refractivity contribution < 1.29 is 4.79 Å². The van der Waals surface area contributed by atoms with Gasteiger partial charge in [-0.25, -0.2) is 4.68 Å². The molecular formula is C28H29N5O. The van der Waals surface area contributed by atoms with Gasteiger partial charge in [0.25, 0.3) is 0 Å². The van der Waals surface area contributed by atoms with Gasteiger partial charge in [-0.05, 0) is 92.3 Å². The Morgan fingerprint density at radius 2 is 1.88 bits per heavy atom. The number of aliphatic imine (C=N–C) groups is 1. The first kappa shape index (κ1) is 21.1. The van der Waals surface area contributed by atoms with Crippen LogP contribution in [-0.2, 0) is 12.8 Å². The fourth-order valence-electron chi connectivity index (χ4n) is 5.49. The number of hydrogen-bond donors (Lipinski definition) is 1. The van der Waals surface area contributed by atoms with Crippen LogP contribution < -0.4 is 5.73 Å². The maximum absolute atomic E-state index is 13.4. The van der Waals surface area contributed by atoms with E-state index in [1.165, 1.54) is 24.0 Å². The summed E-state index contributed by atoms with van der Waals surface area (Å²) in [5.41, 5.74) is 15.6. The number of aromatic nitrogens is 2. The van der Waals surface area contributed by atoms with Crippen LogP contribution in [0.15, 0.2) is 53.2 Å². The summed E-state index contributed by atoms with van der Waals surface area (Å²) in [6.07, 6.45) is 7.48. The van der Waals surface area contributed by atoms with E-state index in [-0.39, 0.29) is 5.78 Å². The Morgan fingerprint density at radius 3 is 2.71 bits per heavy atom. The highest BCUT2D eigenvalue weighted by atomic mass is 16.1. The van der Waals surface area contributed by atoms with Crippen molar-refractivity contribution in [2.24, 2.45) is 4.99 Å². The molecule has 0 bridgehead atoms. The van der Waals surface area contributed by atoms with Gasteiger partial charge in [-0.3, -0.25) is 9.79 Å². The van der Waals surface area contributed by atoms with Gasteiger partial charge in [-0.15, -0.1) is 0 Å². The third-order valence-electron chi connectivity index (χ3n) is 7.48. The Labute approximate surface area is 199 Å². The molecule has 1 saturated heterocycles. The standard InChI is InChI=1S/C28H29N5O/c1-17-11-22-15-24(5-6-26(22)31-17)33-28(29)25(16-30-33)27(34)23-13-20-4-3-19(12-21(20)14-23)18-7-9-32(2)10-8-18/h3-6,12-13,15-16,18H,7-11,14,29H2,1-2H3. The summed E-state index contributed by atoms with van der Waals surface area (Å²) in [4.78, 5) is 20.3. The lowest BCUT2D eigenvalue weighted by Crippen LogP contribution is -2.29. The second-order valence-corrected chi connectivity index (χ2v) is 9.90. The number of hydrogen-bond acceptors (Lipinski definition) is 5. The molecule has 6 rings (SSSR count). The molecule has 0 saturated carbocycles. The second-order valence-electron chi connectivity index (χ2n) is 9.90. The van der Waals surface area contributed by atoms with Crippen LogP contribution in [0.2, 0.25) is 0 Å². The number of rotatable bonds is 4. The number of likely N-dealkylation sites (tertiary alicyclic amines) is 1. The fraction of sp³-hybridized carbons (Fsp3) is 0.321. The van der Waals surface area contributed by atoms with Gasteiger partial charge in [0.1, 0.15) is 5.82 Å². The van der Waals surface area contributed by atoms with Crippen LogP contribution in [0.1, 0.15) is 58.3 Å². The second kappa shape index (κ2) is 8.06. The van der Waals surface area contributed by atoms with E-state index in [9.17, 15) is 4.79 Å². The summed E-state index contributed by atoms with van der Waals surface area (Å²) in [5.74, 6) is 0.947. The molecule has 0 radical (unpaired) electrons. The topological polar surface area (TPSA) is 76.5 Å². The van der Waals surface area contributed by atoms with Crippen molar-refractivity contribution in [2.45, 2.75) is 38.5 Å². The third kappa shape index (κ3) is 3.59. The highest BCUT2D eigenvalue weighted by Crippen LogP contribution is 2.35. The van der Waals surface area contributed by atoms with Gasteiger partial charge >= 0.3 is 0 Å². The van der Waals surface area contributed by atoms with Crippen molar-refractivity contribution >= 4 is 29.1 Å². The molecule has 1 fully saturated rings. The molecule has 1 aromatic heterocycles. The Hall–Kier alpha value is -3.51. The number of benzene rings is 2. The minimum absolute atomic E-state index is 0.0406. The zero-order valence-electron chi connectivity index (χ0n) is 19.7. The molecule has 0 amide bonds. The average Bonchev–Trinajstić information content (AvgIpc) is 3.53.